The number of hydrogen-bond donors (Lipinski definition) is 0. The van der Waals surface area contributed by atoms with Crippen LogP contribution in [0.2, 0.25) is 0 Å². The molecule has 0 heterocycles. The Bertz CT molecular complexity index is 770. The van der Waals surface area contributed by atoms with Gasteiger partial charge in [-0.2, -0.15) is 0 Å². The minimum absolute atomic E-state index is 1.37. The number of quaternary nitrogens is 1. The molecule has 68 heavy (non-hydrogen) atoms. The molecule has 0 aromatic rings. The van der Waals surface area contributed by atoms with Gasteiger partial charge in [-0.3, -0.25) is 0 Å². The molecule has 0 amide bonds. The van der Waals surface area contributed by atoms with Gasteiger partial charge in [-0.05, 0) is 51.4 Å². The molecule has 0 radical (unpaired) electrons. The Morgan fingerprint density at radius 3 is 0.309 bits per heavy atom. The van der Waals surface area contributed by atoms with Crippen LogP contribution in [0.1, 0.15) is 407 Å². The van der Waals surface area contributed by atoms with Crippen molar-refractivity contribution in [3.63, 3.8) is 0 Å². The third-order valence-electron chi connectivity index (χ3n) is 16.7. The summed E-state index contributed by atoms with van der Waals surface area (Å²) in [5.41, 5.74) is 0. The molecular weight excluding hydrogens is 819 g/mol. The summed E-state index contributed by atoms with van der Waals surface area (Å²) in [6.45, 7) is 15.3. The minimum atomic E-state index is 1.37. The molecule has 0 fully saturated rings. The van der Waals surface area contributed by atoms with Gasteiger partial charge in [0.1, 0.15) is 0 Å². The van der Waals surface area contributed by atoms with E-state index in [9.17, 15) is 0 Å². The average Bonchev–Trinajstić information content (AvgIpc) is 3.35. The highest BCUT2D eigenvalue weighted by Gasteiger charge is 2.26. The normalized spacial score (nSPS) is 12.0. The zero-order valence-electron chi connectivity index (χ0n) is 49.0. The van der Waals surface area contributed by atoms with E-state index in [0.29, 0.717) is 0 Å². The lowest BCUT2D eigenvalue weighted by atomic mass is 10.0. The zero-order chi connectivity index (χ0) is 49.0. The quantitative estimate of drug-likeness (QED) is 0.0421. The van der Waals surface area contributed by atoms with Crippen molar-refractivity contribution in [1.82, 2.24) is 0 Å². The molecule has 0 aliphatic carbocycles. The number of rotatable bonds is 63. The van der Waals surface area contributed by atoms with Gasteiger partial charge < -0.3 is 4.48 Å². The van der Waals surface area contributed by atoms with Crippen molar-refractivity contribution in [2.24, 2.45) is 0 Å². The molecular formula is C67H138N+. The second-order valence-electron chi connectivity index (χ2n) is 23.7. The first-order valence-corrected chi connectivity index (χ1v) is 33.6. The Balaban J connectivity index is 4.93. The van der Waals surface area contributed by atoms with Crippen LogP contribution in [-0.4, -0.2) is 30.7 Å². The summed E-state index contributed by atoms with van der Waals surface area (Å²) in [5.74, 6) is 0. The first-order valence-electron chi connectivity index (χ1n) is 33.6. The maximum absolute atomic E-state index is 2.33. The van der Waals surface area contributed by atoms with Gasteiger partial charge in [-0.1, -0.05) is 355 Å². The summed E-state index contributed by atoms with van der Waals surface area (Å²) >= 11 is 0. The Morgan fingerprint density at radius 2 is 0.206 bits per heavy atom. The predicted octanol–water partition coefficient (Wildman–Crippen LogP) is 24.9. The highest BCUT2D eigenvalue weighted by atomic mass is 15.3. The van der Waals surface area contributed by atoms with Crippen LogP contribution in [-0.2, 0) is 0 Å². The van der Waals surface area contributed by atoms with Crippen molar-refractivity contribution in [2.45, 2.75) is 407 Å². The average molecular weight is 958 g/mol. The Kier molecular flexibility index (Phi) is 61.2. The zero-order valence-corrected chi connectivity index (χ0v) is 49.0. The molecule has 410 valence electrons. The largest absolute Gasteiger partial charge is 0.324 e. The monoisotopic (exact) mass is 957 g/mol. The van der Waals surface area contributed by atoms with Crippen LogP contribution in [0.4, 0.5) is 0 Å². The fourth-order valence-electron chi connectivity index (χ4n) is 11.8. The lowest BCUT2D eigenvalue weighted by Crippen LogP contribution is -2.50. The third-order valence-corrected chi connectivity index (χ3v) is 16.7. The van der Waals surface area contributed by atoms with E-state index in [1.807, 2.05) is 0 Å². The van der Waals surface area contributed by atoms with Crippen LogP contribution in [0.15, 0.2) is 0 Å². The van der Waals surface area contributed by atoms with Gasteiger partial charge in [-0.15, -0.1) is 0 Å². The maximum atomic E-state index is 2.33. The lowest BCUT2D eigenvalue weighted by molar-refractivity contribution is -0.929. The lowest BCUT2D eigenvalue weighted by Gasteiger charge is -2.40. The summed E-state index contributed by atoms with van der Waals surface area (Å²) < 4.78 is 1.49. The van der Waals surface area contributed by atoms with Gasteiger partial charge in [0.25, 0.3) is 0 Å². The molecule has 0 aliphatic rings. The Labute approximate surface area is 435 Å². The van der Waals surface area contributed by atoms with Gasteiger partial charge in [0.15, 0.2) is 0 Å². The van der Waals surface area contributed by atoms with Crippen LogP contribution in [0.25, 0.3) is 0 Å². The van der Waals surface area contributed by atoms with Crippen molar-refractivity contribution in [3.05, 3.63) is 0 Å². The molecule has 0 atom stereocenters. The molecule has 0 N–H and O–H groups in total. The van der Waals surface area contributed by atoms with Gasteiger partial charge in [0.2, 0.25) is 0 Å². The number of unbranched alkanes of at least 4 members (excludes halogenated alkanes) is 55. The summed E-state index contributed by atoms with van der Waals surface area (Å²) in [6.07, 6.45) is 87.2. The second kappa shape index (κ2) is 61.3. The van der Waals surface area contributed by atoms with E-state index in [4.69, 9.17) is 0 Å². The molecule has 0 saturated heterocycles. The van der Waals surface area contributed by atoms with E-state index in [1.54, 1.807) is 0 Å². The standard InChI is InChI=1S/C67H138N/c1-5-9-13-17-21-25-29-33-37-38-39-43-47-51-55-59-63-67-68(64-60-56-52-48-44-40-34-30-26-22-18-14-10-6-2,65-61-57-53-49-45-41-35-31-27-23-19-15-11-7-3)66-62-58-54-50-46-42-36-32-28-24-20-16-12-8-4/h5-67H2,1-4H3/q+1. The van der Waals surface area contributed by atoms with Crippen molar-refractivity contribution >= 4 is 0 Å². The number of hydrogen-bond acceptors (Lipinski definition) is 0. The van der Waals surface area contributed by atoms with Crippen LogP contribution < -0.4 is 0 Å². The van der Waals surface area contributed by atoms with E-state index in [-0.39, 0.29) is 0 Å². The summed E-state index contributed by atoms with van der Waals surface area (Å²) in [5, 5.41) is 0. The van der Waals surface area contributed by atoms with Gasteiger partial charge in [0.05, 0.1) is 26.2 Å². The molecule has 0 aliphatic heterocycles. The second-order valence-corrected chi connectivity index (χ2v) is 23.7. The van der Waals surface area contributed by atoms with Gasteiger partial charge >= 0.3 is 0 Å². The molecule has 1 nitrogen and oxygen atoms in total. The van der Waals surface area contributed by atoms with E-state index in [0.717, 1.165) is 0 Å². The van der Waals surface area contributed by atoms with Crippen molar-refractivity contribution in [3.8, 4) is 0 Å². The molecule has 0 aromatic heterocycles. The highest BCUT2D eigenvalue weighted by molar-refractivity contribution is 4.58. The SMILES string of the molecule is CCCCCCCCCCCCCCCCCCC[N+](CCCCCCCCCCCCCCCC)(CCCCCCCCCCCCCCCC)CCCCCCCCCCCCCCCC. The van der Waals surface area contributed by atoms with Crippen LogP contribution in [0.5, 0.6) is 0 Å². The molecule has 0 bridgehead atoms. The predicted molar refractivity (Wildman–Crippen MR) is 315 cm³/mol. The summed E-state index contributed by atoms with van der Waals surface area (Å²) in [7, 11) is 0. The van der Waals surface area contributed by atoms with Crippen LogP contribution in [0, 0.1) is 0 Å². The minimum Gasteiger partial charge on any atom is -0.324 e. The smallest absolute Gasteiger partial charge is 0.0786 e. The van der Waals surface area contributed by atoms with E-state index < -0.39 is 0 Å². The van der Waals surface area contributed by atoms with Crippen molar-refractivity contribution in [1.29, 1.82) is 0 Å². The topological polar surface area (TPSA) is 0 Å². The summed E-state index contributed by atoms with van der Waals surface area (Å²) in [4.78, 5) is 0. The highest BCUT2D eigenvalue weighted by Crippen LogP contribution is 2.23. The fourth-order valence-corrected chi connectivity index (χ4v) is 11.8. The van der Waals surface area contributed by atoms with Crippen LogP contribution in [0.3, 0.4) is 0 Å². The Hall–Kier alpha value is -0.0400. The van der Waals surface area contributed by atoms with Gasteiger partial charge in [0, 0.05) is 0 Å². The Morgan fingerprint density at radius 1 is 0.118 bits per heavy atom. The first kappa shape index (κ1) is 68.0. The first-order chi connectivity index (χ1) is 33.7. The summed E-state index contributed by atoms with van der Waals surface area (Å²) in [6, 6.07) is 0. The van der Waals surface area contributed by atoms with Crippen molar-refractivity contribution < 1.29 is 4.48 Å². The molecule has 0 rings (SSSR count). The molecule has 0 aromatic carbocycles. The van der Waals surface area contributed by atoms with Crippen molar-refractivity contribution in [2.75, 3.05) is 26.2 Å². The maximum Gasteiger partial charge on any atom is 0.0786 e. The molecule has 1 heteroatoms. The number of nitrogens with zero attached hydrogens (tertiary/aromatic N) is 1. The van der Waals surface area contributed by atoms with E-state index in [2.05, 4.69) is 27.7 Å². The van der Waals surface area contributed by atoms with Crippen LogP contribution >= 0.6 is 0 Å². The van der Waals surface area contributed by atoms with Gasteiger partial charge in [-0.25, -0.2) is 0 Å². The third kappa shape index (κ3) is 55.3. The molecule has 0 unspecified atom stereocenters. The van der Waals surface area contributed by atoms with E-state index in [1.165, 1.54) is 409 Å². The molecule has 0 spiro atoms. The molecule has 0 saturated carbocycles. The van der Waals surface area contributed by atoms with E-state index >= 15 is 0 Å². The fraction of sp³-hybridized carbons (Fsp3) is 1.00.